The third-order valence-corrected chi connectivity index (χ3v) is 4.14. The predicted octanol–water partition coefficient (Wildman–Crippen LogP) is 4.56. The van der Waals surface area contributed by atoms with Crippen molar-refractivity contribution in [1.29, 1.82) is 0 Å². The normalized spacial score (nSPS) is 19.8. The number of likely N-dealkylation sites (tertiary alicyclic amines) is 1. The van der Waals surface area contributed by atoms with Gasteiger partial charge in [-0.2, -0.15) is 0 Å². The second-order valence-electron chi connectivity index (χ2n) is 6.29. The van der Waals surface area contributed by atoms with Gasteiger partial charge in [-0.3, -0.25) is 0 Å². The van der Waals surface area contributed by atoms with Gasteiger partial charge in [-0.25, -0.2) is 4.79 Å². The van der Waals surface area contributed by atoms with Crippen molar-refractivity contribution in [3.8, 4) is 0 Å². The van der Waals surface area contributed by atoms with Gasteiger partial charge in [0.1, 0.15) is 5.60 Å². The first-order valence-corrected chi connectivity index (χ1v) is 7.88. The quantitative estimate of drug-likeness (QED) is 0.750. The van der Waals surface area contributed by atoms with Crippen molar-refractivity contribution in [2.24, 2.45) is 0 Å². The molecule has 1 saturated heterocycles. The van der Waals surface area contributed by atoms with E-state index in [1.165, 1.54) is 5.56 Å². The average molecular weight is 340 g/mol. The Morgan fingerprint density at radius 3 is 2.70 bits per heavy atom. The molecule has 1 amide bonds. The molecular weight excluding hydrogens is 318 g/mol. The van der Waals surface area contributed by atoms with Crippen molar-refractivity contribution in [2.45, 2.75) is 45.1 Å². The summed E-state index contributed by atoms with van der Waals surface area (Å²) in [5, 5.41) is 0. The molecule has 3 nitrogen and oxygen atoms in total. The molecule has 1 aliphatic heterocycles. The Labute approximate surface area is 129 Å². The molecule has 0 N–H and O–H groups in total. The molecule has 0 spiro atoms. The molecule has 0 bridgehead atoms. The van der Waals surface area contributed by atoms with E-state index >= 15 is 0 Å². The zero-order valence-corrected chi connectivity index (χ0v) is 13.9. The zero-order valence-electron chi connectivity index (χ0n) is 12.4. The Morgan fingerprint density at radius 2 is 2.05 bits per heavy atom. The van der Waals surface area contributed by atoms with Crippen molar-refractivity contribution in [3.05, 3.63) is 34.3 Å². The van der Waals surface area contributed by atoms with Crippen LogP contribution < -0.4 is 0 Å². The van der Waals surface area contributed by atoms with Crippen LogP contribution in [-0.2, 0) is 4.74 Å². The third-order valence-electron chi connectivity index (χ3n) is 3.42. The van der Waals surface area contributed by atoms with Crippen molar-refractivity contribution in [3.63, 3.8) is 0 Å². The number of ether oxygens (including phenoxy) is 1. The van der Waals surface area contributed by atoms with Crippen LogP contribution in [0, 0.1) is 0 Å². The van der Waals surface area contributed by atoms with Gasteiger partial charge in [0.2, 0.25) is 0 Å². The summed E-state index contributed by atoms with van der Waals surface area (Å²) >= 11 is 3.60. The smallest absolute Gasteiger partial charge is 0.410 e. The standard InChI is InChI=1S/C16H22BrNO2/c1-16(2,3)20-15(19)18-10-6-7-12(11-18)13-8-4-5-9-14(13)17/h4-5,8-9,12H,6-7,10-11H2,1-3H3. The SMILES string of the molecule is CC(C)(C)OC(=O)N1CCCC(c2ccccc2Br)C1. The fraction of sp³-hybridized carbons (Fsp3) is 0.562. The van der Waals surface area contributed by atoms with Gasteiger partial charge in [-0.15, -0.1) is 0 Å². The minimum atomic E-state index is -0.433. The number of carbonyl (C=O) groups excluding carboxylic acids is 1. The fourth-order valence-corrected chi connectivity index (χ4v) is 3.14. The molecule has 1 atom stereocenters. The second kappa shape index (κ2) is 6.17. The maximum absolute atomic E-state index is 12.2. The van der Waals surface area contributed by atoms with E-state index < -0.39 is 5.60 Å². The van der Waals surface area contributed by atoms with Gasteiger partial charge in [0.25, 0.3) is 0 Å². The molecule has 1 aromatic carbocycles. The second-order valence-corrected chi connectivity index (χ2v) is 7.14. The largest absolute Gasteiger partial charge is 0.444 e. The Hall–Kier alpha value is -1.03. The maximum Gasteiger partial charge on any atom is 0.410 e. The molecule has 110 valence electrons. The van der Waals surface area contributed by atoms with Crippen LogP contribution in [0.5, 0.6) is 0 Å². The van der Waals surface area contributed by atoms with Gasteiger partial charge >= 0.3 is 6.09 Å². The van der Waals surface area contributed by atoms with Crippen LogP contribution in [0.25, 0.3) is 0 Å². The molecule has 1 fully saturated rings. The van der Waals surface area contributed by atoms with Crippen LogP contribution in [0.1, 0.15) is 45.1 Å². The minimum Gasteiger partial charge on any atom is -0.444 e. The summed E-state index contributed by atoms with van der Waals surface area (Å²) in [7, 11) is 0. The molecule has 1 aromatic rings. The Morgan fingerprint density at radius 1 is 1.35 bits per heavy atom. The molecule has 0 saturated carbocycles. The van der Waals surface area contributed by atoms with Gasteiger partial charge in [0.05, 0.1) is 0 Å². The summed E-state index contributed by atoms with van der Waals surface area (Å²) < 4.78 is 6.59. The lowest BCUT2D eigenvalue weighted by Gasteiger charge is -2.34. The van der Waals surface area contributed by atoms with E-state index in [9.17, 15) is 4.79 Å². The molecule has 20 heavy (non-hydrogen) atoms. The van der Waals surface area contributed by atoms with E-state index in [0.29, 0.717) is 5.92 Å². The number of rotatable bonds is 1. The maximum atomic E-state index is 12.2. The molecule has 0 aromatic heterocycles. The molecular formula is C16H22BrNO2. The predicted molar refractivity (Wildman–Crippen MR) is 83.9 cm³/mol. The Kier molecular flexibility index (Phi) is 4.74. The number of benzene rings is 1. The topological polar surface area (TPSA) is 29.5 Å². The molecule has 1 heterocycles. The number of nitrogens with zero attached hydrogens (tertiary/aromatic N) is 1. The van der Waals surface area contributed by atoms with Gasteiger partial charge in [-0.05, 0) is 45.2 Å². The monoisotopic (exact) mass is 339 g/mol. The molecule has 0 radical (unpaired) electrons. The molecule has 1 aliphatic rings. The summed E-state index contributed by atoms with van der Waals surface area (Å²) in [5.41, 5.74) is 0.845. The highest BCUT2D eigenvalue weighted by Crippen LogP contribution is 2.32. The number of hydrogen-bond donors (Lipinski definition) is 0. The lowest BCUT2D eigenvalue weighted by atomic mass is 9.91. The van der Waals surface area contributed by atoms with Crippen molar-refractivity contribution < 1.29 is 9.53 Å². The third kappa shape index (κ3) is 3.98. The van der Waals surface area contributed by atoms with E-state index in [0.717, 1.165) is 30.4 Å². The van der Waals surface area contributed by atoms with E-state index in [4.69, 9.17) is 4.74 Å². The lowest BCUT2D eigenvalue weighted by molar-refractivity contribution is 0.0198. The van der Waals surface area contributed by atoms with E-state index in [1.54, 1.807) is 0 Å². The van der Waals surface area contributed by atoms with Crippen LogP contribution >= 0.6 is 15.9 Å². The number of piperidine rings is 1. The number of carbonyl (C=O) groups is 1. The van der Waals surface area contributed by atoms with E-state index in [-0.39, 0.29) is 6.09 Å². The van der Waals surface area contributed by atoms with Crippen molar-refractivity contribution >= 4 is 22.0 Å². The first-order valence-electron chi connectivity index (χ1n) is 7.09. The molecule has 4 heteroatoms. The highest BCUT2D eigenvalue weighted by molar-refractivity contribution is 9.10. The van der Waals surface area contributed by atoms with Gasteiger partial charge in [-0.1, -0.05) is 34.1 Å². The minimum absolute atomic E-state index is 0.200. The number of hydrogen-bond acceptors (Lipinski definition) is 2. The van der Waals surface area contributed by atoms with Gasteiger partial charge < -0.3 is 9.64 Å². The summed E-state index contributed by atoms with van der Waals surface area (Å²) in [6.45, 7) is 7.23. The van der Waals surface area contributed by atoms with E-state index in [2.05, 4.69) is 28.1 Å². The molecule has 0 aliphatic carbocycles. The average Bonchev–Trinajstić information content (AvgIpc) is 2.37. The van der Waals surface area contributed by atoms with Crippen molar-refractivity contribution in [1.82, 2.24) is 4.90 Å². The number of halogens is 1. The molecule has 2 rings (SSSR count). The fourth-order valence-electron chi connectivity index (χ4n) is 2.53. The first-order chi connectivity index (χ1) is 9.37. The Bertz CT molecular complexity index is 482. The van der Waals surface area contributed by atoms with Gasteiger partial charge in [0, 0.05) is 23.5 Å². The van der Waals surface area contributed by atoms with Gasteiger partial charge in [0.15, 0.2) is 0 Å². The van der Waals surface area contributed by atoms with E-state index in [1.807, 2.05) is 37.8 Å². The molecule has 1 unspecified atom stereocenters. The van der Waals surface area contributed by atoms with Crippen LogP contribution in [0.4, 0.5) is 4.79 Å². The first kappa shape index (κ1) is 15.4. The summed E-state index contributed by atoms with van der Waals surface area (Å²) in [4.78, 5) is 14.0. The van der Waals surface area contributed by atoms with Crippen LogP contribution in [-0.4, -0.2) is 29.7 Å². The highest BCUT2D eigenvalue weighted by Gasteiger charge is 2.28. The highest BCUT2D eigenvalue weighted by atomic mass is 79.9. The van der Waals surface area contributed by atoms with Crippen LogP contribution in [0.3, 0.4) is 0 Å². The lowest BCUT2D eigenvalue weighted by Crippen LogP contribution is -2.42. The van der Waals surface area contributed by atoms with Crippen molar-refractivity contribution in [2.75, 3.05) is 13.1 Å². The van der Waals surface area contributed by atoms with Crippen LogP contribution in [0.15, 0.2) is 28.7 Å². The van der Waals surface area contributed by atoms with Crippen LogP contribution in [0.2, 0.25) is 0 Å². The summed E-state index contributed by atoms with van der Waals surface area (Å²) in [6.07, 6.45) is 1.93. The Balaban J connectivity index is 2.06. The summed E-state index contributed by atoms with van der Waals surface area (Å²) in [6, 6.07) is 8.25. The number of amides is 1. The zero-order chi connectivity index (χ0) is 14.8. The summed E-state index contributed by atoms with van der Waals surface area (Å²) in [5.74, 6) is 0.381.